The number of ether oxygens (including phenoxy) is 2. The third kappa shape index (κ3) is 4.20. The van der Waals surface area contributed by atoms with Gasteiger partial charge in [-0.15, -0.1) is 11.8 Å². The first kappa shape index (κ1) is 18.2. The molecule has 0 unspecified atom stereocenters. The van der Waals surface area contributed by atoms with Gasteiger partial charge in [0.25, 0.3) is 0 Å². The van der Waals surface area contributed by atoms with Crippen molar-refractivity contribution in [1.82, 2.24) is 0 Å². The predicted molar refractivity (Wildman–Crippen MR) is 111 cm³/mol. The fourth-order valence-electron chi connectivity index (χ4n) is 2.93. The lowest BCUT2D eigenvalue weighted by Gasteiger charge is -2.09. The molecule has 0 fully saturated rings. The van der Waals surface area contributed by atoms with E-state index in [1.807, 2.05) is 42.5 Å². The molecule has 3 aromatic rings. The van der Waals surface area contributed by atoms with E-state index >= 15 is 0 Å². The third-order valence-electron chi connectivity index (χ3n) is 4.19. The maximum Gasteiger partial charge on any atom is 0.234 e. The maximum atomic E-state index is 12.2. The molecule has 4 rings (SSSR count). The van der Waals surface area contributed by atoms with E-state index in [0.717, 1.165) is 16.5 Å². The van der Waals surface area contributed by atoms with Gasteiger partial charge >= 0.3 is 0 Å². The summed E-state index contributed by atoms with van der Waals surface area (Å²) in [4.78, 5) is 24.3. The van der Waals surface area contributed by atoms with Crippen LogP contribution in [0.25, 0.3) is 10.8 Å². The van der Waals surface area contributed by atoms with Crippen molar-refractivity contribution in [3.63, 3.8) is 0 Å². The lowest BCUT2D eigenvalue weighted by molar-refractivity contribution is -0.114. The van der Waals surface area contributed by atoms with Gasteiger partial charge in [0, 0.05) is 22.8 Å². The molecule has 6 nitrogen and oxygen atoms in total. The van der Waals surface area contributed by atoms with Gasteiger partial charge in [-0.3, -0.25) is 9.59 Å². The minimum absolute atomic E-state index is 0.141. The Morgan fingerprint density at radius 2 is 1.61 bits per heavy atom. The molecule has 0 aliphatic carbocycles. The molecule has 1 aliphatic heterocycles. The summed E-state index contributed by atoms with van der Waals surface area (Å²) in [5, 5.41) is 7.76. The van der Waals surface area contributed by atoms with Crippen LogP contribution < -0.4 is 20.1 Å². The first-order chi connectivity index (χ1) is 13.7. The SMILES string of the molecule is O=C(CSCC(=O)Nc1cccc2ccccc12)Nc1ccc2c(c1)OCO2. The second-order valence-corrected chi connectivity index (χ2v) is 7.17. The van der Waals surface area contributed by atoms with E-state index in [4.69, 9.17) is 9.47 Å². The van der Waals surface area contributed by atoms with Crippen LogP contribution in [-0.2, 0) is 9.59 Å². The van der Waals surface area contributed by atoms with Crippen LogP contribution in [0.5, 0.6) is 11.5 Å². The minimum atomic E-state index is -0.179. The van der Waals surface area contributed by atoms with Gasteiger partial charge in [-0.25, -0.2) is 0 Å². The van der Waals surface area contributed by atoms with Gasteiger partial charge in [-0.1, -0.05) is 36.4 Å². The van der Waals surface area contributed by atoms with Gasteiger partial charge in [-0.05, 0) is 23.6 Å². The first-order valence-corrected chi connectivity index (χ1v) is 9.89. The molecule has 1 aliphatic rings. The van der Waals surface area contributed by atoms with Crippen LogP contribution in [0.4, 0.5) is 11.4 Å². The van der Waals surface area contributed by atoms with Crippen LogP contribution in [0.1, 0.15) is 0 Å². The Labute approximate surface area is 166 Å². The van der Waals surface area contributed by atoms with Crippen molar-refractivity contribution in [3.8, 4) is 11.5 Å². The van der Waals surface area contributed by atoms with Gasteiger partial charge < -0.3 is 20.1 Å². The van der Waals surface area contributed by atoms with Gasteiger partial charge in [0.1, 0.15) is 0 Å². The van der Waals surface area contributed by atoms with E-state index in [-0.39, 0.29) is 30.1 Å². The molecular weight excluding hydrogens is 376 g/mol. The maximum absolute atomic E-state index is 12.2. The molecular formula is C21H18N2O4S. The monoisotopic (exact) mass is 394 g/mol. The quantitative estimate of drug-likeness (QED) is 0.664. The zero-order chi connectivity index (χ0) is 19.3. The van der Waals surface area contributed by atoms with E-state index in [9.17, 15) is 9.59 Å². The van der Waals surface area contributed by atoms with Crippen LogP contribution in [0, 0.1) is 0 Å². The number of nitrogens with one attached hydrogen (secondary N) is 2. The normalized spacial score (nSPS) is 12.0. The summed E-state index contributed by atoms with van der Waals surface area (Å²) in [6.45, 7) is 0.189. The van der Waals surface area contributed by atoms with Crippen LogP contribution >= 0.6 is 11.8 Å². The number of amides is 2. The second kappa shape index (κ2) is 8.22. The molecule has 3 aromatic carbocycles. The Kier molecular flexibility index (Phi) is 5.34. The molecule has 1 heterocycles. The number of rotatable bonds is 6. The molecule has 2 amide bonds. The highest BCUT2D eigenvalue weighted by molar-refractivity contribution is 8.00. The Balaban J connectivity index is 1.26. The van der Waals surface area contributed by atoms with E-state index < -0.39 is 0 Å². The number of thioether (sulfide) groups is 1. The lowest BCUT2D eigenvalue weighted by Crippen LogP contribution is -2.18. The molecule has 142 valence electrons. The number of carbonyl (C=O) groups excluding carboxylic acids is 2. The Morgan fingerprint density at radius 3 is 2.50 bits per heavy atom. The summed E-state index contributed by atoms with van der Waals surface area (Å²) < 4.78 is 10.5. The van der Waals surface area contributed by atoms with Gasteiger partial charge in [0.15, 0.2) is 11.5 Å². The number of anilines is 2. The minimum Gasteiger partial charge on any atom is -0.454 e. The van der Waals surface area contributed by atoms with Crippen molar-refractivity contribution in [2.24, 2.45) is 0 Å². The van der Waals surface area contributed by atoms with Crippen LogP contribution in [0.3, 0.4) is 0 Å². The van der Waals surface area contributed by atoms with E-state index in [2.05, 4.69) is 10.6 Å². The number of benzene rings is 3. The topological polar surface area (TPSA) is 76.7 Å². The predicted octanol–water partition coefficient (Wildman–Crippen LogP) is 3.88. The van der Waals surface area contributed by atoms with Crippen molar-refractivity contribution in [2.45, 2.75) is 0 Å². The molecule has 2 N–H and O–H groups in total. The second-order valence-electron chi connectivity index (χ2n) is 6.18. The van der Waals surface area contributed by atoms with Crippen LogP contribution in [0.2, 0.25) is 0 Å². The van der Waals surface area contributed by atoms with Gasteiger partial charge in [0.05, 0.1) is 11.5 Å². The summed E-state index contributed by atoms with van der Waals surface area (Å²) in [5.74, 6) is 1.33. The number of fused-ring (bicyclic) bond motifs is 2. The van der Waals surface area contributed by atoms with E-state index in [1.165, 1.54) is 11.8 Å². The standard InChI is InChI=1S/C21H18N2O4S/c24-20(22-15-8-9-18-19(10-15)27-13-26-18)11-28-12-21(25)23-17-7-3-5-14-4-1-2-6-16(14)17/h1-10H,11-13H2,(H,22,24)(H,23,25). The van der Waals surface area contributed by atoms with Crippen molar-refractivity contribution < 1.29 is 19.1 Å². The Hall–Kier alpha value is -3.19. The van der Waals surface area contributed by atoms with E-state index in [1.54, 1.807) is 18.2 Å². The Morgan fingerprint density at radius 1 is 0.857 bits per heavy atom. The fraction of sp³-hybridized carbons (Fsp3) is 0.143. The number of hydrogen-bond donors (Lipinski definition) is 2. The fourth-order valence-corrected chi connectivity index (χ4v) is 3.55. The number of hydrogen-bond acceptors (Lipinski definition) is 5. The number of carbonyl (C=O) groups is 2. The molecule has 7 heteroatoms. The van der Waals surface area contributed by atoms with Crippen molar-refractivity contribution >= 4 is 45.7 Å². The van der Waals surface area contributed by atoms with E-state index in [0.29, 0.717) is 17.2 Å². The van der Waals surface area contributed by atoms with Crippen LogP contribution in [0.15, 0.2) is 60.7 Å². The molecule has 0 bridgehead atoms. The highest BCUT2D eigenvalue weighted by Gasteiger charge is 2.14. The zero-order valence-corrected chi connectivity index (χ0v) is 15.8. The summed E-state index contributed by atoms with van der Waals surface area (Å²) in [6.07, 6.45) is 0. The zero-order valence-electron chi connectivity index (χ0n) is 14.9. The molecule has 0 aromatic heterocycles. The average Bonchev–Trinajstić information content (AvgIpc) is 3.16. The van der Waals surface area contributed by atoms with Gasteiger partial charge in [-0.2, -0.15) is 0 Å². The van der Waals surface area contributed by atoms with Crippen molar-refractivity contribution in [3.05, 3.63) is 60.7 Å². The molecule has 0 atom stereocenters. The molecule has 0 radical (unpaired) electrons. The largest absolute Gasteiger partial charge is 0.454 e. The third-order valence-corrected chi connectivity index (χ3v) is 5.12. The molecule has 0 spiro atoms. The summed E-state index contributed by atoms with van der Waals surface area (Å²) >= 11 is 1.26. The van der Waals surface area contributed by atoms with Crippen molar-refractivity contribution in [2.75, 3.05) is 28.9 Å². The summed E-state index contributed by atoms with van der Waals surface area (Å²) in [6, 6.07) is 18.9. The highest BCUT2D eigenvalue weighted by Crippen LogP contribution is 2.34. The van der Waals surface area contributed by atoms with Crippen molar-refractivity contribution in [1.29, 1.82) is 0 Å². The molecule has 0 saturated heterocycles. The average molecular weight is 394 g/mol. The highest BCUT2D eigenvalue weighted by atomic mass is 32.2. The molecule has 0 saturated carbocycles. The summed E-state index contributed by atoms with van der Waals surface area (Å²) in [5.41, 5.74) is 1.41. The Bertz CT molecular complexity index is 1030. The first-order valence-electron chi connectivity index (χ1n) is 8.74. The van der Waals surface area contributed by atoms with Gasteiger partial charge in [0.2, 0.25) is 18.6 Å². The molecule has 28 heavy (non-hydrogen) atoms. The smallest absolute Gasteiger partial charge is 0.234 e. The lowest BCUT2D eigenvalue weighted by atomic mass is 10.1. The summed E-state index contributed by atoms with van der Waals surface area (Å²) in [7, 11) is 0. The van der Waals surface area contributed by atoms with Crippen LogP contribution in [-0.4, -0.2) is 30.1 Å².